The van der Waals surface area contributed by atoms with Crippen molar-refractivity contribution in [2.75, 3.05) is 7.05 Å². The minimum absolute atomic E-state index is 0.000971. The van der Waals surface area contributed by atoms with Gasteiger partial charge in [-0.1, -0.05) is 17.2 Å². The third kappa shape index (κ3) is 6.27. The Hall–Kier alpha value is -3.46. The van der Waals surface area contributed by atoms with Crippen molar-refractivity contribution in [2.24, 2.45) is 5.10 Å². The molecule has 2 aromatic rings. The molecule has 0 saturated carbocycles. The molecule has 0 radical (unpaired) electrons. The predicted molar refractivity (Wildman–Crippen MR) is 106 cm³/mol. The summed E-state index contributed by atoms with van der Waals surface area (Å²) in [4.78, 5) is 16.0. The molecule has 0 atom stereocenters. The van der Waals surface area contributed by atoms with E-state index in [1.54, 1.807) is 6.07 Å². The van der Waals surface area contributed by atoms with Gasteiger partial charge >= 0.3 is 6.18 Å². The number of nitrogens with zero attached hydrogens (tertiary/aromatic N) is 4. The Balaban J connectivity index is 2.53. The molecular formula is C19H15ClF5N5O2. The first-order valence-electron chi connectivity index (χ1n) is 8.71. The molecule has 1 heterocycles. The third-order valence-corrected chi connectivity index (χ3v) is 3.98. The SMILES string of the molecule is CN/N=C(\C=C(/C)Cn1cnc(C(F)(F)F)c(Oc2cc(Cl)cc(C#N)c2)c1=O)C(F)F. The number of rotatable bonds is 7. The zero-order chi connectivity index (χ0) is 24.1. The molecule has 1 aromatic carbocycles. The van der Waals surface area contributed by atoms with Crippen LogP contribution in [0.25, 0.3) is 0 Å². The molecule has 13 heteroatoms. The van der Waals surface area contributed by atoms with Gasteiger partial charge in [0.05, 0.1) is 18.0 Å². The van der Waals surface area contributed by atoms with Crippen LogP contribution in [-0.2, 0) is 12.7 Å². The van der Waals surface area contributed by atoms with E-state index in [1.165, 1.54) is 20.0 Å². The topological polar surface area (TPSA) is 92.3 Å². The third-order valence-electron chi connectivity index (χ3n) is 3.76. The van der Waals surface area contributed by atoms with Crippen molar-refractivity contribution >= 4 is 17.3 Å². The van der Waals surface area contributed by atoms with Crippen LogP contribution in [0, 0.1) is 11.3 Å². The van der Waals surface area contributed by atoms with Crippen LogP contribution in [0.4, 0.5) is 22.0 Å². The van der Waals surface area contributed by atoms with Crippen molar-refractivity contribution in [3.8, 4) is 17.6 Å². The average Bonchev–Trinajstić information content (AvgIpc) is 2.69. The molecule has 0 spiro atoms. The standard InChI is InChI=1S/C19H15ClF5N5O2/c1-10(3-14(17(21)22)29-27-2)8-30-9-28-16(19(23,24)25)15(18(30)31)32-13-5-11(7-26)4-12(20)6-13/h3-6,9,17,27H,8H2,1-2H3/b10-3+,29-14+. The zero-order valence-electron chi connectivity index (χ0n) is 16.5. The van der Waals surface area contributed by atoms with Gasteiger partial charge in [0.2, 0.25) is 5.75 Å². The summed E-state index contributed by atoms with van der Waals surface area (Å²) in [5, 5.41) is 12.4. The fourth-order valence-electron chi connectivity index (χ4n) is 2.52. The molecule has 1 N–H and O–H groups in total. The summed E-state index contributed by atoms with van der Waals surface area (Å²) in [6.45, 7) is 1.02. The number of hydrogen-bond acceptors (Lipinski definition) is 6. The van der Waals surface area contributed by atoms with E-state index in [-0.39, 0.29) is 28.5 Å². The van der Waals surface area contributed by atoms with Crippen molar-refractivity contribution in [2.45, 2.75) is 26.1 Å². The largest absolute Gasteiger partial charge is 0.449 e. The second-order valence-corrected chi connectivity index (χ2v) is 6.73. The van der Waals surface area contributed by atoms with E-state index in [4.69, 9.17) is 21.6 Å². The number of aromatic nitrogens is 2. The smallest absolute Gasteiger partial charge is 0.437 e. The lowest BCUT2D eigenvalue weighted by atomic mass is 10.2. The van der Waals surface area contributed by atoms with Gasteiger partial charge in [0, 0.05) is 18.6 Å². The van der Waals surface area contributed by atoms with Crippen LogP contribution < -0.4 is 15.7 Å². The molecule has 0 fully saturated rings. The van der Waals surface area contributed by atoms with Crippen LogP contribution >= 0.6 is 11.6 Å². The minimum atomic E-state index is -5.03. The molecule has 0 aliphatic carbocycles. The van der Waals surface area contributed by atoms with Crippen LogP contribution in [0.1, 0.15) is 18.2 Å². The molecule has 0 amide bonds. The van der Waals surface area contributed by atoms with Crippen LogP contribution in [0.5, 0.6) is 11.5 Å². The quantitative estimate of drug-likeness (QED) is 0.365. The summed E-state index contributed by atoms with van der Waals surface area (Å²) in [7, 11) is 1.31. The normalized spacial score (nSPS) is 12.6. The number of ether oxygens (including phenoxy) is 1. The van der Waals surface area contributed by atoms with Gasteiger partial charge in [0.25, 0.3) is 12.0 Å². The number of halogens is 6. The number of hydrogen-bond donors (Lipinski definition) is 1. The summed E-state index contributed by atoms with van der Waals surface area (Å²) >= 11 is 5.83. The van der Waals surface area contributed by atoms with Crippen LogP contribution in [-0.4, -0.2) is 28.7 Å². The van der Waals surface area contributed by atoms with E-state index in [2.05, 4.69) is 15.5 Å². The molecule has 0 saturated heterocycles. The molecule has 32 heavy (non-hydrogen) atoms. The van der Waals surface area contributed by atoms with Gasteiger partial charge in [-0.05, 0) is 31.2 Å². The molecule has 1 aromatic heterocycles. The highest BCUT2D eigenvalue weighted by molar-refractivity contribution is 6.30. The molecule has 0 aliphatic heterocycles. The molecule has 0 unspecified atom stereocenters. The van der Waals surface area contributed by atoms with Gasteiger partial charge < -0.3 is 10.2 Å². The average molecular weight is 476 g/mol. The maximum absolute atomic E-state index is 13.4. The molecule has 2 rings (SSSR count). The second kappa shape index (κ2) is 10.2. The lowest BCUT2D eigenvalue weighted by molar-refractivity contribution is -0.142. The summed E-state index contributed by atoms with van der Waals surface area (Å²) in [5.41, 5.74) is -1.06. The number of alkyl halides is 5. The Bertz CT molecular complexity index is 1150. The lowest BCUT2D eigenvalue weighted by Gasteiger charge is -2.15. The number of benzene rings is 1. The van der Waals surface area contributed by atoms with Gasteiger partial charge in [-0.3, -0.25) is 9.36 Å². The molecule has 0 aliphatic rings. The van der Waals surface area contributed by atoms with Gasteiger partial charge in [-0.15, -0.1) is 0 Å². The fourth-order valence-corrected chi connectivity index (χ4v) is 2.75. The first-order valence-corrected chi connectivity index (χ1v) is 9.08. The second-order valence-electron chi connectivity index (χ2n) is 6.29. The summed E-state index contributed by atoms with van der Waals surface area (Å²) in [6, 6.07) is 5.22. The Labute approximate surface area is 183 Å². The highest BCUT2D eigenvalue weighted by atomic mass is 35.5. The summed E-state index contributed by atoms with van der Waals surface area (Å²) in [6.07, 6.45) is -6.33. The van der Waals surface area contributed by atoms with Crippen molar-refractivity contribution in [3.05, 3.63) is 62.8 Å². The zero-order valence-corrected chi connectivity index (χ0v) is 17.3. The van der Waals surface area contributed by atoms with E-state index in [9.17, 15) is 26.7 Å². The molecule has 0 bridgehead atoms. The number of hydrazone groups is 1. The highest BCUT2D eigenvalue weighted by Crippen LogP contribution is 2.35. The Kier molecular flexibility index (Phi) is 7.93. The fraction of sp³-hybridized carbons (Fsp3) is 0.263. The maximum atomic E-state index is 13.4. The number of allylic oxidation sites excluding steroid dienone is 2. The first kappa shape index (κ1) is 24.8. The predicted octanol–water partition coefficient (Wildman–Crippen LogP) is 4.37. The maximum Gasteiger partial charge on any atom is 0.437 e. The first-order chi connectivity index (χ1) is 15.0. The van der Waals surface area contributed by atoms with Crippen LogP contribution in [0.3, 0.4) is 0 Å². The lowest BCUT2D eigenvalue weighted by Crippen LogP contribution is -2.27. The molecule has 7 nitrogen and oxygen atoms in total. The van der Waals surface area contributed by atoms with Crippen molar-refractivity contribution in [1.82, 2.24) is 15.0 Å². The Morgan fingerprint density at radius 2 is 2.09 bits per heavy atom. The van der Waals surface area contributed by atoms with E-state index in [1.807, 2.05) is 0 Å². The highest BCUT2D eigenvalue weighted by Gasteiger charge is 2.38. The van der Waals surface area contributed by atoms with E-state index < -0.39 is 35.3 Å². The minimum Gasteiger partial charge on any atom is -0.449 e. The van der Waals surface area contributed by atoms with Gasteiger partial charge in [0.1, 0.15) is 11.5 Å². The monoisotopic (exact) mass is 475 g/mol. The van der Waals surface area contributed by atoms with E-state index in [0.717, 1.165) is 22.8 Å². The van der Waals surface area contributed by atoms with Crippen LogP contribution in [0.2, 0.25) is 5.02 Å². The molecular weight excluding hydrogens is 461 g/mol. The Morgan fingerprint density at radius 1 is 1.41 bits per heavy atom. The Morgan fingerprint density at radius 3 is 2.66 bits per heavy atom. The van der Waals surface area contributed by atoms with E-state index >= 15 is 0 Å². The number of nitrogens with one attached hydrogen (secondary N) is 1. The van der Waals surface area contributed by atoms with Gasteiger partial charge in [-0.25, -0.2) is 13.8 Å². The van der Waals surface area contributed by atoms with Crippen molar-refractivity contribution < 1.29 is 26.7 Å². The van der Waals surface area contributed by atoms with Crippen LogP contribution in [0.15, 0.2) is 46.1 Å². The van der Waals surface area contributed by atoms with Crippen molar-refractivity contribution in [3.63, 3.8) is 0 Å². The van der Waals surface area contributed by atoms with E-state index in [0.29, 0.717) is 6.33 Å². The summed E-state index contributed by atoms with van der Waals surface area (Å²) < 4.78 is 72.1. The van der Waals surface area contributed by atoms with Gasteiger partial charge in [0.15, 0.2) is 5.69 Å². The van der Waals surface area contributed by atoms with Crippen molar-refractivity contribution in [1.29, 1.82) is 5.26 Å². The number of nitriles is 1. The summed E-state index contributed by atoms with van der Waals surface area (Å²) in [5.74, 6) is -1.44. The van der Waals surface area contributed by atoms with Gasteiger partial charge in [-0.2, -0.15) is 23.5 Å². The molecule has 170 valence electrons.